The lowest BCUT2D eigenvalue weighted by molar-refractivity contribution is -0.115. The molecule has 0 radical (unpaired) electrons. The average Bonchev–Trinajstić information content (AvgIpc) is 3.14. The topological polar surface area (TPSA) is 64.9 Å². The maximum atomic E-state index is 11.9. The predicted molar refractivity (Wildman–Crippen MR) is 101 cm³/mol. The van der Waals surface area contributed by atoms with Gasteiger partial charge in [0, 0.05) is 11.0 Å². The number of fused-ring (bicyclic) bond motifs is 1. The van der Waals surface area contributed by atoms with Gasteiger partial charge in [0.25, 0.3) is 0 Å². The quantitative estimate of drug-likeness (QED) is 0.653. The van der Waals surface area contributed by atoms with E-state index in [1.165, 1.54) is 11.0 Å². The largest absolute Gasteiger partial charge is 0.323 e. The van der Waals surface area contributed by atoms with Crippen LogP contribution in [0.4, 0.5) is 5.00 Å². The Hall–Kier alpha value is -2.49. The number of nitrogens with zero attached hydrogens (tertiary/aromatic N) is 1. The first-order valence-corrected chi connectivity index (χ1v) is 8.79. The third-order valence-corrected chi connectivity index (χ3v) is 5.13. The molecule has 6 heteroatoms. The number of thiocarbonyl (C=S) groups is 1. The minimum absolute atomic E-state index is 0.203. The fourth-order valence-electron chi connectivity index (χ4n) is 2.63. The van der Waals surface area contributed by atoms with Gasteiger partial charge in [-0.2, -0.15) is 5.26 Å². The zero-order chi connectivity index (χ0) is 16.9. The molecule has 0 spiro atoms. The summed E-state index contributed by atoms with van der Waals surface area (Å²) in [7, 11) is 0. The molecule has 0 fully saturated rings. The van der Waals surface area contributed by atoms with Gasteiger partial charge in [-0.15, -0.1) is 11.3 Å². The molecule has 0 bridgehead atoms. The van der Waals surface area contributed by atoms with E-state index < -0.39 is 0 Å². The molecule has 1 aromatic heterocycles. The Bertz CT molecular complexity index is 847. The van der Waals surface area contributed by atoms with Crippen molar-refractivity contribution >= 4 is 45.7 Å². The van der Waals surface area contributed by atoms with E-state index >= 15 is 0 Å². The SMILES string of the molecule is N#Cc1c(NC(=S)NC(=O)/C=C/c2ccccc2)sc2c1CCC2. The molecule has 1 amide bonds. The molecule has 3 rings (SSSR count). The second kappa shape index (κ2) is 7.39. The Morgan fingerprint density at radius 2 is 2.08 bits per heavy atom. The van der Waals surface area contributed by atoms with Crippen molar-refractivity contribution in [1.82, 2.24) is 5.32 Å². The first-order chi connectivity index (χ1) is 11.7. The number of thiophene rings is 1. The molecule has 2 aromatic rings. The lowest BCUT2D eigenvalue weighted by Gasteiger charge is -2.07. The number of hydrogen-bond donors (Lipinski definition) is 2. The van der Waals surface area contributed by atoms with Crippen LogP contribution in [0.15, 0.2) is 36.4 Å². The maximum absolute atomic E-state index is 11.9. The Kier molecular flexibility index (Phi) is 5.04. The lowest BCUT2D eigenvalue weighted by atomic mass is 10.1. The summed E-state index contributed by atoms with van der Waals surface area (Å²) in [5.41, 5.74) is 2.72. The van der Waals surface area contributed by atoms with Crippen LogP contribution in [0.5, 0.6) is 0 Å². The van der Waals surface area contributed by atoms with E-state index in [4.69, 9.17) is 12.2 Å². The minimum Gasteiger partial charge on any atom is -0.323 e. The molecule has 0 saturated carbocycles. The molecule has 120 valence electrons. The van der Waals surface area contributed by atoms with Crippen molar-refractivity contribution in [3.05, 3.63) is 58.0 Å². The maximum Gasteiger partial charge on any atom is 0.250 e. The van der Waals surface area contributed by atoms with Crippen LogP contribution < -0.4 is 10.6 Å². The fraction of sp³-hybridized carbons (Fsp3) is 0.167. The van der Waals surface area contributed by atoms with Crippen molar-refractivity contribution in [2.24, 2.45) is 0 Å². The van der Waals surface area contributed by atoms with Crippen LogP contribution in [0.1, 0.15) is 28.0 Å². The fourth-order valence-corrected chi connectivity index (χ4v) is 4.15. The lowest BCUT2D eigenvalue weighted by Crippen LogP contribution is -2.32. The third-order valence-electron chi connectivity index (χ3n) is 3.72. The number of rotatable bonds is 3. The highest BCUT2D eigenvalue weighted by atomic mass is 32.1. The highest BCUT2D eigenvalue weighted by molar-refractivity contribution is 7.80. The molecule has 1 aliphatic carbocycles. The van der Waals surface area contributed by atoms with Gasteiger partial charge in [-0.1, -0.05) is 30.3 Å². The molecular formula is C18H15N3OS2. The summed E-state index contributed by atoms with van der Waals surface area (Å²) < 4.78 is 0. The van der Waals surface area contributed by atoms with E-state index in [0.29, 0.717) is 5.56 Å². The number of hydrogen-bond acceptors (Lipinski definition) is 4. The number of nitriles is 1. The van der Waals surface area contributed by atoms with Crippen LogP contribution in [0.25, 0.3) is 6.08 Å². The standard InChI is InChI=1S/C18H15N3OS2/c19-11-14-13-7-4-8-15(13)24-17(14)21-18(23)20-16(22)10-9-12-5-2-1-3-6-12/h1-3,5-6,9-10H,4,7-8H2,(H2,20,21,22,23)/b10-9+. The summed E-state index contributed by atoms with van der Waals surface area (Å²) in [4.78, 5) is 13.2. The van der Waals surface area contributed by atoms with Crippen LogP contribution >= 0.6 is 23.6 Å². The highest BCUT2D eigenvalue weighted by Crippen LogP contribution is 2.38. The molecule has 0 aliphatic heterocycles. The van der Waals surface area contributed by atoms with Gasteiger partial charge in [-0.25, -0.2) is 0 Å². The molecule has 0 saturated heterocycles. The van der Waals surface area contributed by atoms with Crippen molar-refractivity contribution < 1.29 is 4.79 Å². The Balaban J connectivity index is 1.61. The molecule has 2 N–H and O–H groups in total. The molecule has 4 nitrogen and oxygen atoms in total. The van der Waals surface area contributed by atoms with Gasteiger partial charge in [0.2, 0.25) is 5.91 Å². The number of benzene rings is 1. The normalized spacial score (nSPS) is 12.6. The molecule has 1 aliphatic rings. The average molecular weight is 353 g/mol. The monoisotopic (exact) mass is 353 g/mol. The molecular weight excluding hydrogens is 338 g/mol. The number of nitrogens with one attached hydrogen (secondary N) is 2. The summed E-state index contributed by atoms with van der Waals surface area (Å²) in [5, 5.41) is 15.9. The van der Waals surface area contributed by atoms with E-state index in [1.54, 1.807) is 17.4 Å². The Labute approximate surface area is 149 Å². The Morgan fingerprint density at radius 3 is 2.83 bits per heavy atom. The summed E-state index contributed by atoms with van der Waals surface area (Å²) in [5.74, 6) is -0.307. The van der Waals surface area contributed by atoms with E-state index in [1.807, 2.05) is 30.3 Å². The summed E-state index contributed by atoms with van der Waals surface area (Å²) >= 11 is 6.73. The van der Waals surface area contributed by atoms with Gasteiger partial charge < -0.3 is 5.32 Å². The van der Waals surface area contributed by atoms with Crippen LogP contribution in [-0.4, -0.2) is 11.0 Å². The molecule has 0 atom stereocenters. The van der Waals surface area contributed by atoms with Crippen LogP contribution in [0, 0.1) is 11.3 Å². The number of amides is 1. The first kappa shape index (κ1) is 16.4. The van der Waals surface area contributed by atoms with Gasteiger partial charge in [0.15, 0.2) is 5.11 Å². The van der Waals surface area contributed by atoms with Gasteiger partial charge in [0.1, 0.15) is 11.1 Å². The molecule has 1 aromatic carbocycles. The number of aryl methyl sites for hydroxylation is 1. The summed E-state index contributed by atoms with van der Waals surface area (Å²) in [6.45, 7) is 0. The van der Waals surface area contributed by atoms with Crippen LogP contribution in [-0.2, 0) is 17.6 Å². The van der Waals surface area contributed by atoms with Crippen molar-refractivity contribution in [1.29, 1.82) is 5.26 Å². The zero-order valence-electron chi connectivity index (χ0n) is 12.8. The Morgan fingerprint density at radius 1 is 1.29 bits per heavy atom. The number of anilines is 1. The van der Waals surface area contributed by atoms with E-state index in [2.05, 4.69) is 16.7 Å². The van der Waals surface area contributed by atoms with Crippen molar-refractivity contribution in [2.45, 2.75) is 19.3 Å². The minimum atomic E-state index is -0.307. The predicted octanol–water partition coefficient (Wildman–Crippen LogP) is 3.63. The van der Waals surface area contributed by atoms with E-state index in [9.17, 15) is 10.1 Å². The van der Waals surface area contributed by atoms with Crippen molar-refractivity contribution in [2.75, 3.05) is 5.32 Å². The number of carbonyl (C=O) groups is 1. The third kappa shape index (κ3) is 3.70. The van der Waals surface area contributed by atoms with Crippen LogP contribution in [0.3, 0.4) is 0 Å². The molecule has 0 unspecified atom stereocenters. The molecule has 1 heterocycles. The first-order valence-electron chi connectivity index (χ1n) is 7.57. The number of carbonyl (C=O) groups excluding carboxylic acids is 1. The van der Waals surface area contributed by atoms with Gasteiger partial charge in [0.05, 0.1) is 5.56 Å². The zero-order valence-corrected chi connectivity index (χ0v) is 14.5. The molecule has 24 heavy (non-hydrogen) atoms. The summed E-state index contributed by atoms with van der Waals surface area (Å²) in [6.07, 6.45) is 6.20. The van der Waals surface area contributed by atoms with Gasteiger partial charge in [-0.3, -0.25) is 10.1 Å². The van der Waals surface area contributed by atoms with Gasteiger partial charge >= 0.3 is 0 Å². The van der Waals surface area contributed by atoms with E-state index in [0.717, 1.165) is 35.4 Å². The smallest absolute Gasteiger partial charge is 0.250 e. The highest BCUT2D eigenvalue weighted by Gasteiger charge is 2.22. The second-order valence-electron chi connectivity index (χ2n) is 5.36. The summed E-state index contributed by atoms with van der Waals surface area (Å²) in [6, 6.07) is 11.8. The van der Waals surface area contributed by atoms with E-state index in [-0.39, 0.29) is 11.0 Å². The van der Waals surface area contributed by atoms with Gasteiger partial charge in [-0.05, 0) is 48.7 Å². The van der Waals surface area contributed by atoms with Crippen LogP contribution in [0.2, 0.25) is 0 Å². The second-order valence-corrected chi connectivity index (χ2v) is 6.87. The van der Waals surface area contributed by atoms with Crippen molar-refractivity contribution in [3.63, 3.8) is 0 Å². The van der Waals surface area contributed by atoms with Crippen molar-refractivity contribution in [3.8, 4) is 6.07 Å².